The Morgan fingerprint density at radius 1 is 1.22 bits per heavy atom. The van der Waals surface area contributed by atoms with Gasteiger partial charge in [-0.2, -0.15) is 5.26 Å². The van der Waals surface area contributed by atoms with Gasteiger partial charge in [0.1, 0.15) is 17.7 Å². The number of ether oxygens (including phenoxy) is 1. The Kier molecular flexibility index (Phi) is 4.47. The van der Waals surface area contributed by atoms with Crippen LogP contribution >= 0.6 is 0 Å². The highest BCUT2D eigenvalue weighted by molar-refractivity contribution is 5.52. The highest BCUT2D eigenvalue weighted by Crippen LogP contribution is 2.31. The molecule has 2 unspecified atom stereocenters. The molecular weight excluding hydrogens is 291 g/mol. The van der Waals surface area contributed by atoms with Crippen molar-refractivity contribution in [3.63, 3.8) is 0 Å². The molecule has 2 atom stereocenters. The van der Waals surface area contributed by atoms with Crippen molar-refractivity contribution in [3.05, 3.63) is 54.1 Å². The number of aryl methyl sites for hydroxylation is 1. The summed E-state index contributed by atoms with van der Waals surface area (Å²) in [6.07, 6.45) is -0.0899. The zero-order valence-electron chi connectivity index (χ0n) is 13.1. The molecule has 118 valence electrons. The molecule has 0 radical (unpaired) electrons. The van der Waals surface area contributed by atoms with Crippen LogP contribution in [0.3, 0.4) is 0 Å². The summed E-state index contributed by atoms with van der Waals surface area (Å²) in [4.78, 5) is 1.98. The molecule has 1 fully saturated rings. The Labute approximate surface area is 135 Å². The lowest BCUT2D eigenvalue weighted by molar-refractivity contribution is 0.356. The molecule has 0 amide bonds. The van der Waals surface area contributed by atoms with Gasteiger partial charge in [0.15, 0.2) is 0 Å². The van der Waals surface area contributed by atoms with E-state index in [1.54, 1.807) is 0 Å². The average Bonchev–Trinajstić information content (AvgIpc) is 2.91. The van der Waals surface area contributed by atoms with Gasteiger partial charge in [0, 0.05) is 24.7 Å². The quantitative estimate of drug-likeness (QED) is 0.827. The average molecular weight is 310 g/mol. The van der Waals surface area contributed by atoms with Crippen molar-refractivity contribution in [2.45, 2.75) is 32.0 Å². The first-order valence-electron chi connectivity index (χ1n) is 7.78. The zero-order chi connectivity index (χ0) is 16.2. The van der Waals surface area contributed by atoms with Crippen LogP contribution in [0, 0.1) is 18.3 Å². The second-order valence-electron chi connectivity index (χ2n) is 5.86. The number of halogens is 1. The highest BCUT2D eigenvalue weighted by Gasteiger charge is 2.31. The summed E-state index contributed by atoms with van der Waals surface area (Å²) < 4.78 is 19.5. The molecule has 0 aromatic heterocycles. The lowest BCUT2D eigenvalue weighted by Gasteiger charge is -2.24. The minimum atomic E-state index is -0.865. The normalized spacial score (nSPS) is 20.3. The van der Waals surface area contributed by atoms with Crippen molar-refractivity contribution >= 4 is 5.69 Å². The van der Waals surface area contributed by atoms with Gasteiger partial charge in [-0.1, -0.05) is 18.2 Å². The van der Waals surface area contributed by atoms with E-state index in [2.05, 4.69) is 6.07 Å². The van der Waals surface area contributed by atoms with Gasteiger partial charge >= 0.3 is 0 Å². The van der Waals surface area contributed by atoms with Crippen molar-refractivity contribution in [1.29, 1.82) is 5.26 Å². The predicted octanol–water partition coefficient (Wildman–Crippen LogP) is 4.62. The van der Waals surface area contributed by atoms with Gasteiger partial charge in [0.05, 0.1) is 12.5 Å². The van der Waals surface area contributed by atoms with Crippen LogP contribution in [-0.2, 0) is 0 Å². The molecular formula is C19H19FN2O. The SMILES string of the molecule is Cc1ccccc1Oc1ccc(N2CC(F)CC2CC#N)cc1. The zero-order valence-corrected chi connectivity index (χ0v) is 13.1. The van der Waals surface area contributed by atoms with Gasteiger partial charge < -0.3 is 9.64 Å². The second kappa shape index (κ2) is 6.70. The molecule has 1 aliphatic rings. The summed E-state index contributed by atoms with van der Waals surface area (Å²) in [5.74, 6) is 1.57. The van der Waals surface area contributed by atoms with Gasteiger partial charge in [-0.05, 0) is 42.8 Å². The molecule has 2 aromatic rings. The molecule has 3 rings (SSSR count). The number of alkyl halides is 1. The van der Waals surface area contributed by atoms with Crippen LogP contribution in [0.15, 0.2) is 48.5 Å². The lowest BCUT2D eigenvalue weighted by Crippen LogP contribution is -2.28. The molecule has 0 spiro atoms. The smallest absolute Gasteiger partial charge is 0.130 e. The fourth-order valence-corrected chi connectivity index (χ4v) is 2.98. The number of nitrogens with zero attached hydrogens (tertiary/aromatic N) is 2. The Bertz CT molecular complexity index is 708. The first-order chi connectivity index (χ1) is 11.2. The third kappa shape index (κ3) is 3.45. The van der Waals surface area contributed by atoms with E-state index in [-0.39, 0.29) is 6.04 Å². The summed E-state index contributed by atoms with van der Waals surface area (Å²) in [7, 11) is 0. The van der Waals surface area contributed by atoms with Crippen LogP contribution in [-0.4, -0.2) is 18.8 Å². The maximum absolute atomic E-state index is 13.7. The van der Waals surface area contributed by atoms with Crippen molar-refractivity contribution in [1.82, 2.24) is 0 Å². The summed E-state index contributed by atoms with van der Waals surface area (Å²) in [6, 6.07) is 17.6. The van der Waals surface area contributed by atoms with Gasteiger partial charge in [0.25, 0.3) is 0 Å². The van der Waals surface area contributed by atoms with E-state index in [0.717, 1.165) is 22.7 Å². The summed E-state index contributed by atoms with van der Waals surface area (Å²) >= 11 is 0. The number of hydrogen-bond donors (Lipinski definition) is 0. The summed E-state index contributed by atoms with van der Waals surface area (Å²) in [5, 5.41) is 8.89. The Morgan fingerprint density at radius 3 is 2.65 bits per heavy atom. The molecule has 0 saturated carbocycles. The van der Waals surface area contributed by atoms with E-state index in [1.807, 2.05) is 60.4 Å². The Balaban J connectivity index is 1.74. The third-order valence-corrected chi connectivity index (χ3v) is 4.18. The first-order valence-corrected chi connectivity index (χ1v) is 7.78. The van der Waals surface area contributed by atoms with Gasteiger partial charge in [-0.15, -0.1) is 0 Å². The molecule has 0 N–H and O–H groups in total. The minimum Gasteiger partial charge on any atom is -0.457 e. The monoisotopic (exact) mass is 310 g/mol. The number of nitriles is 1. The lowest BCUT2D eigenvalue weighted by atomic mass is 10.1. The molecule has 0 aliphatic carbocycles. The summed E-state index contributed by atoms with van der Waals surface area (Å²) in [6.45, 7) is 2.35. The number of rotatable bonds is 4. The van der Waals surface area contributed by atoms with Crippen LogP contribution in [0.2, 0.25) is 0 Å². The molecule has 23 heavy (non-hydrogen) atoms. The van der Waals surface area contributed by atoms with E-state index in [1.165, 1.54) is 0 Å². The number of hydrogen-bond acceptors (Lipinski definition) is 3. The predicted molar refractivity (Wildman–Crippen MR) is 88.6 cm³/mol. The van der Waals surface area contributed by atoms with E-state index >= 15 is 0 Å². The van der Waals surface area contributed by atoms with E-state index in [0.29, 0.717) is 19.4 Å². The first kappa shape index (κ1) is 15.4. The maximum atomic E-state index is 13.7. The molecule has 4 heteroatoms. The van der Waals surface area contributed by atoms with Gasteiger partial charge in [0.2, 0.25) is 0 Å². The highest BCUT2D eigenvalue weighted by atomic mass is 19.1. The minimum absolute atomic E-state index is 0.0434. The van der Waals surface area contributed by atoms with Crippen LogP contribution < -0.4 is 9.64 Å². The number of para-hydroxylation sites is 1. The topological polar surface area (TPSA) is 36.3 Å². The molecule has 1 aliphatic heterocycles. The van der Waals surface area contributed by atoms with Crippen LogP contribution in [0.1, 0.15) is 18.4 Å². The summed E-state index contributed by atoms with van der Waals surface area (Å²) in [5.41, 5.74) is 2.01. The third-order valence-electron chi connectivity index (χ3n) is 4.18. The van der Waals surface area contributed by atoms with Gasteiger partial charge in [-0.3, -0.25) is 0 Å². The molecule has 3 nitrogen and oxygen atoms in total. The standard InChI is InChI=1S/C19H19FN2O/c1-14-4-2-3-5-19(14)23-18-8-6-16(7-9-18)22-13-15(20)12-17(22)10-11-21/h2-9,15,17H,10,12-13H2,1H3. The van der Waals surface area contributed by atoms with Crippen molar-refractivity contribution in [3.8, 4) is 17.6 Å². The van der Waals surface area contributed by atoms with Crippen molar-refractivity contribution < 1.29 is 9.13 Å². The van der Waals surface area contributed by atoms with E-state index in [4.69, 9.17) is 10.00 Å². The molecule has 2 aromatic carbocycles. The van der Waals surface area contributed by atoms with Crippen molar-refractivity contribution in [2.24, 2.45) is 0 Å². The van der Waals surface area contributed by atoms with Crippen LogP contribution in [0.5, 0.6) is 11.5 Å². The molecule has 0 bridgehead atoms. The van der Waals surface area contributed by atoms with Crippen molar-refractivity contribution in [2.75, 3.05) is 11.4 Å². The fraction of sp³-hybridized carbons (Fsp3) is 0.316. The molecule has 1 heterocycles. The molecule has 1 saturated heterocycles. The second-order valence-corrected chi connectivity index (χ2v) is 5.86. The Morgan fingerprint density at radius 2 is 1.96 bits per heavy atom. The maximum Gasteiger partial charge on any atom is 0.130 e. The van der Waals surface area contributed by atoms with E-state index in [9.17, 15) is 4.39 Å². The fourth-order valence-electron chi connectivity index (χ4n) is 2.98. The number of anilines is 1. The van der Waals surface area contributed by atoms with E-state index < -0.39 is 6.17 Å². The largest absolute Gasteiger partial charge is 0.457 e. The van der Waals surface area contributed by atoms with Crippen LogP contribution in [0.4, 0.5) is 10.1 Å². The Hall–Kier alpha value is -2.54. The number of benzene rings is 2. The van der Waals surface area contributed by atoms with Gasteiger partial charge in [-0.25, -0.2) is 4.39 Å². The van der Waals surface area contributed by atoms with Crippen LogP contribution in [0.25, 0.3) is 0 Å².